The molecule has 0 aromatic heterocycles. The molecule has 1 aromatic carbocycles. The summed E-state index contributed by atoms with van der Waals surface area (Å²) in [5.41, 5.74) is 0.465. The van der Waals surface area contributed by atoms with Gasteiger partial charge in [-0.2, -0.15) is 0 Å². The van der Waals surface area contributed by atoms with Crippen LogP contribution in [-0.4, -0.2) is 48.6 Å². The second-order valence-electron chi connectivity index (χ2n) is 7.96. The van der Waals surface area contributed by atoms with Crippen LogP contribution in [0.15, 0.2) is 18.2 Å². The number of likely N-dealkylation sites (tertiary alicyclic amines) is 1. The van der Waals surface area contributed by atoms with Gasteiger partial charge < -0.3 is 20.9 Å². The highest BCUT2D eigenvalue weighted by atomic mass is 35.5. The number of piperidine rings is 1. The Morgan fingerprint density at radius 3 is 2.14 bits per heavy atom. The lowest BCUT2D eigenvalue weighted by Crippen LogP contribution is -2.50. The SMILES string of the molecule is O=C(CCN1CCC(NC(=O)NC2CCCCC2)CC1)Nc1c(Cl)cccc1Cl. The summed E-state index contributed by atoms with van der Waals surface area (Å²) in [7, 11) is 0. The Bertz CT molecular complexity index is 682. The molecule has 0 radical (unpaired) electrons. The van der Waals surface area contributed by atoms with Crippen molar-refractivity contribution in [2.24, 2.45) is 0 Å². The minimum atomic E-state index is -0.105. The third-order valence-electron chi connectivity index (χ3n) is 5.75. The maximum absolute atomic E-state index is 12.2. The van der Waals surface area contributed by atoms with E-state index in [1.807, 2.05) is 0 Å². The molecule has 1 saturated heterocycles. The van der Waals surface area contributed by atoms with Crippen molar-refractivity contribution in [2.75, 3.05) is 25.0 Å². The van der Waals surface area contributed by atoms with Gasteiger partial charge in [0.2, 0.25) is 5.91 Å². The Morgan fingerprint density at radius 2 is 1.52 bits per heavy atom. The number of carbonyl (C=O) groups excluding carboxylic acids is 2. The van der Waals surface area contributed by atoms with Crippen LogP contribution < -0.4 is 16.0 Å². The normalized spacial score (nSPS) is 19.0. The van der Waals surface area contributed by atoms with Gasteiger partial charge in [0.15, 0.2) is 0 Å². The number of halogens is 2. The fourth-order valence-corrected chi connectivity index (χ4v) is 4.53. The van der Waals surface area contributed by atoms with Crippen molar-refractivity contribution in [3.05, 3.63) is 28.2 Å². The molecule has 1 saturated carbocycles. The van der Waals surface area contributed by atoms with Gasteiger partial charge in [-0.1, -0.05) is 48.5 Å². The summed E-state index contributed by atoms with van der Waals surface area (Å²) in [4.78, 5) is 26.7. The monoisotopic (exact) mass is 440 g/mol. The third kappa shape index (κ3) is 7.05. The number of carbonyl (C=O) groups is 2. The third-order valence-corrected chi connectivity index (χ3v) is 6.38. The van der Waals surface area contributed by atoms with E-state index in [-0.39, 0.29) is 18.0 Å². The van der Waals surface area contributed by atoms with Crippen LogP contribution in [0.3, 0.4) is 0 Å². The Morgan fingerprint density at radius 1 is 0.931 bits per heavy atom. The van der Waals surface area contributed by atoms with E-state index in [0.29, 0.717) is 34.7 Å². The lowest BCUT2D eigenvalue weighted by Gasteiger charge is -2.32. The van der Waals surface area contributed by atoms with Gasteiger partial charge >= 0.3 is 6.03 Å². The first-order valence-corrected chi connectivity index (χ1v) is 11.3. The summed E-state index contributed by atoms with van der Waals surface area (Å²) >= 11 is 12.2. The second-order valence-corrected chi connectivity index (χ2v) is 8.78. The van der Waals surface area contributed by atoms with Crippen molar-refractivity contribution >= 4 is 40.8 Å². The van der Waals surface area contributed by atoms with Crippen LogP contribution in [0.2, 0.25) is 10.0 Å². The molecule has 0 spiro atoms. The molecular weight excluding hydrogens is 411 g/mol. The van der Waals surface area contributed by atoms with E-state index in [2.05, 4.69) is 20.9 Å². The second kappa shape index (κ2) is 11.0. The fourth-order valence-electron chi connectivity index (χ4n) is 4.04. The Hall–Kier alpha value is -1.50. The number of amides is 3. The molecule has 1 aliphatic heterocycles. The molecule has 29 heavy (non-hydrogen) atoms. The van der Waals surface area contributed by atoms with Gasteiger partial charge in [-0.05, 0) is 37.8 Å². The standard InChI is InChI=1S/C21H30Cl2N4O2/c22-17-7-4-8-18(23)20(17)26-19(28)11-14-27-12-9-16(10-13-27)25-21(29)24-15-5-2-1-3-6-15/h4,7-8,15-16H,1-3,5-6,9-14H2,(H,26,28)(H2,24,25,29). The van der Waals surface area contributed by atoms with E-state index >= 15 is 0 Å². The van der Waals surface area contributed by atoms with Crippen molar-refractivity contribution in [2.45, 2.75) is 63.5 Å². The molecule has 1 aliphatic carbocycles. The molecular formula is C21H30Cl2N4O2. The van der Waals surface area contributed by atoms with E-state index in [0.717, 1.165) is 38.8 Å². The quantitative estimate of drug-likeness (QED) is 0.612. The van der Waals surface area contributed by atoms with E-state index in [1.54, 1.807) is 18.2 Å². The number of hydrogen-bond acceptors (Lipinski definition) is 3. The summed E-state index contributed by atoms with van der Waals surface area (Å²) in [6.07, 6.45) is 8.05. The highest BCUT2D eigenvalue weighted by Gasteiger charge is 2.22. The van der Waals surface area contributed by atoms with Crippen LogP contribution in [0.5, 0.6) is 0 Å². The van der Waals surface area contributed by atoms with Crippen LogP contribution in [0.1, 0.15) is 51.4 Å². The zero-order valence-corrected chi connectivity index (χ0v) is 18.2. The minimum absolute atomic E-state index is 0.0358. The van der Waals surface area contributed by atoms with Crippen LogP contribution in [0, 0.1) is 0 Å². The molecule has 2 aliphatic rings. The van der Waals surface area contributed by atoms with Gasteiger partial charge in [0, 0.05) is 38.1 Å². The highest BCUT2D eigenvalue weighted by molar-refractivity contribution is 6.39. The number of nitrogens with zero attached hydrogens (tertiary/aromatic N) is 1. The van der Waals surface area contributed by atoms with Crippen LogP contribution in [0.4, 0.5) is 10.5 Å². The summed E-state index contributed by atoms with van der Waals surface area (Å²) in [6, 6.07) is 5.63. The maximum Gasteiger partial charge on any atom is 0.315 e. The Kier molecular flexibility index (Phi) is 8.45. The molecule has 3 N–H and O–H groups in total. The number of benzene rings is 1. The van der Waals surface area contributed by atoms with Gasteiger partial charge in [0.05, 0.1) is 15.7 Å². The number of nitrogens with one attached hydrogen (secondary N) is 3. The number of rotatable bonds is 6. The zero-order valence-electron chi connectivity index (χ0n) is 16.7. The molecule has 1 aromatic rings. The largest absolute Gasteiger partial charge is 0.335 e. The highest BCUT2D eigenvalue weighted by Crippen LogP contribution is 2.29. The van der Waals surface area contributed by atoms with Gasteiger partial charge in [0.1, 0.15) is 0 Å². The van der Waals surface area contributed by atoms with Crippen molar-refractivity contribution in [3.63, 3.8) is 0 Å². The first kappa shape index (κ1) is 22.2. The molecule has 160 valence electrons. The number of urea groups is 1. The fraction of sp³-hybridized carbons (Fsp3) is 0.619. The van der Waals surface area contributed by atoms with Crippen molar-refractivity contribution in [3.8, 4) is 0 Å². The molecule has 0 bridgehead atoms. The van der Waals surface area contributed by atoms with Crippen molar-refractivity contribution in [1.29, 1.82) is 0 Å². The summed E-state index contributed by atoms with van der Waals surface area (Å²) in [6.45, 7) is 2.41. The first-order chi connectivity index (χ1) is 14.0. The lowest BCUT2D eigenvalue weighted by atomic mass is 9.96. The molecule has 2 fully saturated rings. The maximum atomic E-state index is 12.2. The average Bonchev–Trinajstić information content (AvgIpc) is 2.71. The molecule has 0 unspecified atom stereocenters. The van der Waals surface area contributed by atoms with E-state index < -0.39 is 0 Å². The van der Waals surface area contributed by atoms with Crippen molar-refractivity contribution < 1.29 is 9.59 Å². The molecule has 3 rings (SSSR count). The Balaban J connectivity index is 1.33. The van der Waals surface area contributed by atoms with Gasteiger partial charge in [-0.3, -0.25) is 4.79 Å². The molecule has 8 heteroatoms. The number of para-hydroxylation sites is 1. The molecule has 1 heterocycles. The Labute approximate surface area is 182 Å². The van der Waals surface area contributed by atoms with Gasteiger partial charge in [-0.15, -0.1) is 0 Å². The van der Waals surface area contributed by atoms with E-state index in [9.17, 15) is 9.59 Å². The van der Waals surface area contributed by atoms with Crippen LogP contribution in [-0.2, 0) is 4.79 Å². The molecule has 3 amide bonds. The average molecular weight is 441 g/mol. The summed E-state index contributed by atoms with van der Waals surface area (Å²) < 4.78 is 0. The number of anilines is 1. The predicted octanol–water partition coefficient (Wildman–Crippen LogP) is 4.42. The molecule has 0 atom stereocenters. The van der Waals surface area contributed by atoms with Gasteiger partial charge in [0.25, 0.3) is 0 Å². The molecule has 6 nitrogen and oxygen atoms in total. The zero-order chi connectivity index (χ0) is 20.6. The predicted molar refractivity (Wildman–Crippen MR) is 118 cm³/mol. The summed E-state index contributed by atoms with van der Waals surface area (Å²) in [5, 5.41) is 9.89. The van der Waals surface area contributed by atoms with Crippen molar-refractivity contribution in [1.82, 2.24) is 15.5 Å². The van der Waals surface area contributed by atoms with Crippen LogP contribution in [0.25, 0.3) is 0 Å². The number of hydrogen-bond donors (Lipinski definition) is 3. The first-order valence-electron chi connectivity index (χ1n) is 10.5. The van der Waals surface area contributed by atoms with E-state index in [4.69, 9.17) is 23.2 Å². The lowest BCUT2D eigenvalue weighted by molar-refractivity contribution is -0.116. The summed E-state index contributed by atoms with van der Waals surface area (Å²) in [5.74, 6) is -0.105. The van der Waals surface area contributed by atoms with Gasteiger partial charge in [-0.25, -0.2) is 4.79 Å². The smallest absolute Gasteiger partial charge is 0.315 e. The topological polar surface area (TPSA) is 73.5 Å². The van der Waals surface area contributed by atoms with E-state index in [1.165, 1.54) is 19.3 Å². The van der Waals surface area contributed by atoms with Crippen LogP contribution >= 0.6 is 23.2 Å². The minimum Gasteiger partial charge on any atom is -0.335 e.